The molecule has 1 fully saturated rings. The molecule has 21 heavy (non-hydrogen) atoms. The first kappa shape index (κ1) is 15.7. The van der Waals surface area contributed by atoms with Crippen molar-refractivity contribution in [1.82, 2.24) is 10.2 Å². The minimum absolute atomic E-state index is 0.151. The molecular formula is C15H19F3N2O. The van der Waals surface area contributed by atoms with Crippen molar-refractivity contribution >= 4 is 6.03 Å². The van der Waals surface area contributed by atoms with E-state index < -0.39 is 11.7 Å². The molecule has 2 amide bonds. The standard InChI is InChI=1S/C15H19F3N2O/c1-11-6-8-20(9-7-11)14(21)19-10-12-2-4-13(5-3-12)15(16,17)18/h2-5,11H,6-10H2,1H3,(H,19,21). The molecule has 1 saturated heterocycles. The van der Waals surface area contributed by atoms with Crippen LogP contribution in [0.1, 0.15) is 30.9 Å². The Morgan fingerprint density at radius 2 is 1.81 bits per heavy atom. The van der Waals surface area contributed by atoms with Crippen LogP contribution in [0.15, 0.2) is 24.3 Å². The summed E-state index contributed by atoms with van der Waals surface area (Å²) in [7, 11) is 0. The molecule has 0 unspecified atom stereocenters. The Balaban J connectivity index is 1.84. The highest BCUT2D eigenvalue weighted by atomic mass is 19.4. The number of carbonyl (C=O) groups is 1. The van der Waals surface area contributed by atoms with Gasteiger partial charge in [-0.3, -0.25) is 0 Å². The third-order valence-corrected chi connectivity index (χ3v) is 3.80. The van der Waals surface area contributed by atoms with Crippen LogP contribution in [0.3, 0.4) is 0 Å². The predicted molar refractivity (Wildman–Crippen MR) is 73.7 cm³/mol. The van der Waals surface area contributed by atoms with Gasteiger partial charge in [0.15, 0.2) is 0 Å². The highest BCUT2D eigenvalue weighted by Crippen LogP contribution is 2.29. The number of hydrogen-bond acceptors (Lipinski definition) is 1. The van der Waals surface area contributed by atoms with E-state index in [9.17, 15) is 18.0 Å². The zero-order chi connectivity index (χ0) is 15.5. The van der Waals surface area contributed by atoms with Crippen molar-refractivity contribution in [1.29, 1.82) is 0 Å². The summed E-state index contributed by atoms with van der Waals surface area (Å²) in [5, 5.41) is 2.75. The summed E-state index contributed by atoms with van der Waals surface area (Å²) in [5.74, 6) is 0.643. The first-order valence-electron chi connectivity index (χ1n) is 7.05. The first-order valence-corrected chi connectivity index (χ1v) is 7.05. The second-order valence-corrected chi connectivity index (χ2v) is 5.52. The van der Waals surface area contributed by atoms with Gasteiger partial charge in [-0.25, -0.2) is 4.79 Å². The summed E-state index contributed by atoms with van der Waals surface area (Å²) in [6, 6.07) is 4.69. The van der Waals surface area contributed by atoms with E-state index in [0.717, 1.165) is 38.1 Å². The van der Waals surface area contributed by atoms with E-state index in [1.165, 1.54) is 12.1 Å². The number of nitrogens with zero attached hydrogens (tertiary/aromatic N) is 1. The molecule has 0 bridgehead atoms. The average Bonchev–Trinajstić information content (AvgIpc) is 2.45. The SMILES string of the molecule is CC1CCN(C(=O)NCc2ccc(C(F)(F)F)cc2)CC1. The van der Waals surface area contributed by atoms with Gasteiger partial charge in [-0.2, -0.15) is 13.2 Å². The van der Waals surface area contributed by atoms with Crippen molar-refractivity contribution in [3.8, 4) is 0 Å². The van der Waals surface area contributed by atoms with Crippen LogP contribution in [0.25, 0.3) is 0 Å². The normalized spacial score (nSPS) is 16.9. The number of rotatable bonds is 2. The molecule has 0 atom stereocenters. The molecule has 1 aliphatic heterocycles. The monoisotopic (exact) mass is 300 g/mol. The zero-order valence-corrected chi connectivity index (χ0v) is 11.9. The molecule has 1 aromatic carbocycles. The van der Waals surface area contributed by atoms with Gasteiger partial charge >= 0.3 is 12.2 Å². The second-order valence-electron chi connectivity index (χ2n) is 5.52. The minimum Gasteiger partial charge on any atom is -0.334 e. The van der Waals surface area contributed by atoms with Crippen molar-refractivity contribution in [2.45, 2.75) is 32.5 Å². The summed E-state index contributed by atoms with van der Waals surface area (Å²) in [5.41, 5.74) is -0.0238. The summed E-state index contributed by atoms with van der Waals surface area (Å²) >= 11 is 0. The van der Waals surface area contributed by atoms with E-state index in [1.807, 2.05) is 0 Å². The number of alkyl halides is 3. The van der Waals surface area contributed by atoms with Gasteiger partial charge in [-0.1, -0.05) is 19.1 Å². The van der Waals surface area contributed by atoms with Crippen LogP contribution >= 0.6 is 0 Å². The quantitative estimate of drug-likeness (QED) is 0.888. The van der Waals surface area contributed by atoms with E-state index >= 15 is 0 Å². The Hall–Kier alpha value is -1.72. The van der Waals surface area contributed by atoms with Gasteiger partial charge in [0, 0.05) is 19.6 Å². The van der Waals surface area contributed by atoms with Gasteiger partial charge in [0.2, 0.25) is 0 Å². The summed E-state index contributed by atoms with van der Waals surface area (Å²) in [6.07, 6.45) is -2.34. The van der Waals surface area contributed by atoms with Crippen LogP contribution in [-0.4, -0.2) is 24.0 Å². The largest absolute Gasteiger partial charge is 0.416 e. The van der Waals surface area contributed by atoms with Crippen molar-refractivity contribution in [3.05, 3.63) is 35.4 Å². The molecule has 3 nitrogen and oxygen atoms in total. The molecule has 1 heterocycles. The van der Waals surface area contributed by atoms with Crippen molar-refractivity contribution in [2.75, 3.05) is 13.1 Å². The van der Waals surface area contributed by atoms with E-state index in [1.54, 1.807) is 4.90 Å². The number of amides is 2. The molecule has 0 radical (unpaired) electrons. The zero-order valence-electron chi connectivity index (χ0n) is 11.9. The number of nitrogens with one attached hydrogen (secondary N) is 1. The minimum atomic E-state index is -4.33. The lowest BCUT2D eigenvalue weighted by Gasteiger charge is -2.30. The summed E-state index contributed by atoms with van der Waals surface area (Å²) in [4.78, 5) is 13.7. The third-order valence-electron chi connectivity index (χ3n) is 3.80. The van der Waals surface area contributed by atoms with Gasteiger partial charge in [-0.15, -0.1) is 0 Å². The fraction of sp³-hybridized carbons (Fsp3) is 0.533. The fourth-order valence-electron chi connectivity index (χ4n) is 2.31. The Morgan fingerprint density at radius 3 is 2.33 bits per heavy atom. The third kappa shape index (κ3) is 4.37. The maximum Gasteiger partial charge on any atom is 0.416 e. The van der Waals surface area contributed by atoms with Crippen molar-refractivity contribution in [3.63, 3.8) is 0 Å². The lowest BCUT2D eigenvalue weighted by atomic mass is 10.00. The van der Waals surface area contributed by atoms with Gasteiger partial charge in [0.1, 0.15) is 0 Å². The van der Waals surface area contributed by atoms with E-state index in [2.05, 4.69) is 12.2 Å². The molecule has 116 valence electrons. The molecule has 0 saturated carbocycles. The molecule has 1 N–H and O–H groups in total. The Morgan fingerprint density at radius 1 is 1.24 bits per heavy atom. The van der Waals surface area contributed by atoms with Gasteiger partial charge in [-0.05, 0) is 36.5 Å². The molecule has 1 aliphatic rings. The topological polar surface area (TPSA) is 32.3 Å². The van der Waals surface area contributed by atoms with Crippen LogP contribution in [0.4, 0.5) is 18.0 Å². The van der Waals surface area contributed by atoms with Crippen molar-refractivity contribution in [2.24, 2.45) is 5.92 Å². The average molecular weight is 300 g/mol. The molecule has 6 heteroatoms. The number of benzene rings is 1. The Kier molecular flexibility index (Phi) is 4.75. The first-order chi connectivity index (χ1) is 9.86. The molecule has 0 spiro atoms. The van der Waals surface area contributed by atoms with E-state index in [-0.39, 0.29) is 12.6 Å². The number of likely N-dealkylation sites (tertiary alicyclic amines) is 1. The van der Waals surface area contributed by atoms with Crippen LogP contribution in [0.5, 0.6) is 0 Å². The Labute approximate surface area is 122 Å². The van der Waals surface area contributed by atoms with E-state index in [0.29, 0.717) is 11.5 Å². The van der Waals surface area contributed by atoms with Gasteiger partial charge < -0.3 is 10.2 Å². The summed E-state index contributed by atoms with van der Waals surface area (Å²) in [6.45, 7) is 3.88. The number of piperidine rings is 1. The van der Waals surface area contributed by atoms with E-state index in [4.69, 9.17) is 0 Å². The summed E-state index contributed by atoms with van der Waals surface area (Å²) < 4.78 is 37.3. The van der Waals surface area contributed by atoms with Gasteiger partial charge in [0.25, 0.3) is 0 Å². The molecule has 1 aromatic rings. The Bertz CT molecular complexity index is 477. The van der Waals surface area contributed by atoms with Crippen LogP contribution in [0.2, 0.25) is 0 Å². The highest BCUT2D eigenvalue weighted by Gasteiger charge is 2.29. The van der Waals surface area contributed by atoms with Crippen LogP contribution in [0, 0.1) is 5.92 Å². The van der Waals surface area contributed by atoms with Crippen molar-refractivity contribution < 1.29 is 18.0 Å². The van der Waals surface area contributed by atoms with Gasteiger partial charge in [0.05, 0.1) is 5.56 Å². The predicted octanol–water partition coefficient (Wildman–Crippen LogP) is 3.65. The number of urea groups is 1. The fourth-order valence-corrected chi connectivity index (χ4v) is 2.31. The highest BCUT2D eigenvalue weighted by molar-refractivity contribution is 5.74. The number of carbonyl (C=O) groups excluding carboxylic acids is 1. The maximum absolute atomic E-state index is 12.4. The smallest absolute Gasteiger partial charge is 0.334 e. The van der Waals surface area contributed by atoms with Crippen LogP contribution < -0.4 is 5.32 Å². The molecule has 2 rings (SSSR count). The molecule has 0 aliphatic carbocycles. The number of hydrogen-bond donors (Lipinski definition) is 1. The maximum atomic E-state index is 12.4. The molecule has 0 aromatic heterocycles. The lowest BCUT2D eigenvalue weighted by molar-refractivity contribution is -0.137. The van der Waals surface area contributed by atoms with Crippen LogP contribution in [-0.2, 0) is 12.7 Å². The second kappa shape index (κ2) is 6.37. The lowest BCUT2D eigenvalue weighted by Crippen LogP contribution is -2.43. The number of halogens is 3. The molecular weight excluding hydrogens is 281 g/mol.